The van der Waals surface area contributed by atoms with Gasteiger partial charge in [0.15, 0.2) is 0 Å². The molecule has 1 unspecified atom stereocenters. The number of carbonyl (C=O) groups is 1. The average molecular weight is 488 g/mol. The molecule has 4 aromatic rings. The average Bonchev–Trinajstić information content (AvgIpc) is 2.89. The highest BCUT2D eigenvalue weighted by Crippen LogP contribution is 2.29. The Morgan fingerprint density at radius 3 is 2.00 bits per heavy atom. The van der Waals surface area contributed by atoms with E-state index in [1.54, 1.807) is 0 Å². The first-order valence-corrected chi connectivity index (χ1v) is 12.1. The van der Waals surface area contributed by atoms with Gasteiger partial charge in [-0.15, -0.1) is 6.58 Å². The fourth-order valence-corrected chi connectivity index (χ4v) is 4.44. The van der Waals surface area contributed by atoms with Gasteiger partial charge in [0.2, 0.25) is 0 Å². The van der Waals surface area contributed by atoms with E-state index < -0.39 is 29.1 Å². The minimum atomic E-state index is -0.759. The second-order valence-corrected chi connectivity index (χ2v) is 8.64. The lowest BCUT2D eigenvalue weighted by molar-refractivity contribution is 0.0247. The minimum Gasteiger partial charge on any atom is -0.457 e. The molecule has 0 aliphatic rings. The molecule has 0 fully saturated rings. The number of nitrogens with zero attached hydrogens (tertiary/aromatic N) is 3. The van der Waals surface area contributed by atoms with E-state index in [0.29, 0.717) is 18.4 Å². The Morgan fingerprint density at radius 2 is 1.44 bits per heavy atom. The summed E-state index contributed by atoms with van der Waals surface area (Å²) in [5.74, 6) is -0.531. The number of rotatable bonds is 9. The SMILES string of the molecule is C=CCn1c(=O)n(CCC)c(=O)n(CC(CC)OC(=O)c2c3ccccc3cc3ccccc23)c1=O. The van der Waals surface area contributed by atoms with Crippen molar-refractivity contribution in [1.29, 1.82) is 0 Å². The minimum absolute atomic E-state index is 0.0275. The Morgan fingerprint density at radius 1 is 0.889 bits per heavy atom. The molecule has 1 atom stereocenters. The van der Waals surface area contributed by atoms with Crippen molar-refractivity contribution < 1.29 is 9.53 Å². The van der Waals surface area contributed by atoms with E-state index in [0.717, 1.165) is 35.2 Å². The van der Waals surface area contributed by atoms with Gasteiger partial charge in [-0.05, 0) is 40.5 Å². The van der Waals surface area contributed by atoms with Crippen LogP contribution in [0.3, 0.4) is 0 Å². The number of hydrogen-bond acceptors (Lipinski definition) is 5. The predicted octanol–water partition coefficient (Wildman–Crippen LogP) is 3.71. The molecule has 8 nitrogen and oxygen atoms in total. The summed E-state index contributed by atoms with van der Waals surface area (Å²) in [7, 11) is 0. The van der Waals surface area contributed by atoms with Crippen LogP contribution in [0.5, 0.6) is 0 Å². The van der Waals surface area contributed by atoms with Crippen LogP contribution in [0.15, 0.2) is 81.6 Å². The lowest BCUT2D eigenvalue weighted by Crippen LogP contribution is -2.55. The molecule has 0 amide bonds. The lowest BCUT2D eigenvalue weighted by Gasteiger charge is -2.20. The normalized spacial score (nSPS) is 12.1. The van der Waals surface area contributed by atoms with Crippen molar-refractivity contribution in [2.45, 2.75) is 52.4 Å². The Balaban J connectivity index is 1.76. The van der Waals surface area contributed by atoms with Gasteiger partial charge in [-0.1, -0.05) is 68.5 Å². The quantitative estimate of drug-likeness (QED) is 0.204. The van der Waals surface area contributed by atoms with E-state index in [4.69, 9.17) is 4.74 Å². The Bertz CT molecular complexity index is 1570. The highest BCUT2D eigenvalue weighted by molar-refractivity contribution is 6.16. The first-order valence-electron chi connectivity index (χ1n) is 12.1. The molecule has 0 radical (unpaired) electrons. The molecule has 36 heavy (non-hydrogen) atoms. The van der Waals surface area contributed by atoms with Crippen LogP contribution in [-0.2, 0) is 24.4 Å². The molecular formula is C28H29N3O5. The maximum atomic E-state index is 13.5. The van der Waals surface area contributed by atoms with Gasteiger partial charge in [-0.2, -0.15) is 0 Å². The summed E-state index contributed by atoms with van der Waals surface area (Å²) < 4.78 is 8.88. The molecule has 0 aliphatic heterocycles. The molecular weight excluding hydrogens is 458 g/mol. The number of ether oxygens (including phenoxy) is 1. The van der Waals surface area contributed by atoms with E-state index >= 15 is 0 Å². The first kappa shape index (κ1) is 24.9. The predicted molar refractivity (Wildman–Crippen MR) is 141 cm³/mol. The number of benzene rings is 3. The number of hydrogen-bond donors (Lipinski definition) is 0. The van der Waals surface area contributed by atoms with Gasteiger partial charge in [-0.3, -0.25) is 0 Å². The van der Waals surface area contributed by atoms with E-state index in [-0.39, 0.29) is 19.6 Å². The van der Waals surface area contributed by atoms with Gasteiger partial charge in [0.25, 0.3) is 0 Å². The Kier molecular flexibility index (Phi) is 7.33. The number of aromatic nitrogens is 3. The molecule has 0 saturated heterocycles. The molecule has 3 aromatic carbocycles. The van der Waals surface area contributed by atoms with Crippen LogP contribution in [-0.4, -0.2) is 25.8 Å². The van der Waals surface area contributed by atoms with Crippen LogP contribution >= 0.6 is 0 Å². The van der Waals surface area contributed by atoms with Crippen molar-refractivity contribution >= 4 is 27.5 Å². The van der Waals surface area contributed by atoms with Crippen molar-refractivity contribution in [3.8, 4) is 0 Å². The molecule has 0 bridgehead atoms. The molecule has 0 N–H and O–H groups in total. The van der Waals surface area contributed by atoms with Crippen LogP contribution in [0.4, 0.5) is 0 Å². The molecule has 1 aromatic heterocycles. The monoisotopic (exact) mass is 487 g/mol. The van der Waals surface area contributed by atoms with Gasteiger partial charge in [0.05, 0.1) is 18.7 Å². The number of fused-ring (bicyclic) bond motifs is 2. The first-order chi connectivity index (χ1) is 17.4. The van der Waals surface area contributed by atoms with Crippen LogP contribution in [0.2, 0.25) is 0 Å². The zero-order chi connectivity index (χ0) is 25.8. The van der Waals surface area contributed by atoms with E-state index in [2.05, 4.69) is 6.58 Å². The largest absolute Gasteiger partial charge is 0.457 e. The van der Waals surface area contributed by atoms with E-state index in [1.165, 1.54) is 6.08 Å². The molecule has 186 valence electrons. The van der Waals surface area contributed by atoms with Gasteiger partial charge < -0.3 is 4.74 Å². The van der Waals surface area contributed by atoms with Crippen molar-refractivity contribution in [1.82, 2.24) is 13.7 Å². The van der Waals surface area contributed by atoms with Crippen molar-refractivity contribution in [2.75, 3.05) is 0 Å². The number of allylic oxidation sites excluding steroid dienone is 1. The van der Waals surface area contributed by atoms with Gasteiger partial charge >= 0.3 is 23.0 Å². The van der Waals surface area contributed by atoms with E-state index in [1.807, 2.05) is 68.4 Å². The van der Waals surface area contributed by atoms with Crippen molar-refractivity contribution in [3.05, 3.63) is 104 Å². The zero-order valence-electron chi connectivity index (χ0n) is 20.5. The van der Waals surface area contributed by atoms with Crippen LogP contribution in [0, 0.1) is 0 Å². The third-order valence-electron chi connectivity index (χ3n) is 6.23. The standard InChI is InChI=1S/C28H29N3O5/c1-4-15-29-26(33)30(16-5-2)28(35)31(27(29)34)18-21(6-3)36-25(32)24-22-13-9-7-11-19(22)17-20-12-8-10-14-23(20)24/h4,7-14,17,21H,1,5-6,15-16,18H2,2-3H3. The summed E-state index contributed by atoms with van der Waals surface area (Å²) in [6, 6.07) is 17.2. The van der Waals surface area contributed by atoms with Crippen LogP contribution in [0.25, 0.3) is 21.5 Å². The van der Waals surface area contributed by atoms with E-state index in [9.17, 15) is 19.2 Å². The second-order valence-electron chi connectivity index (χ2n) is 8.64. The second kappa shape index (κ2) is 10.6. The third kappa shape index (κ3) is 4.54. The van der Waals surface area contributed by atoms with Gasteiger partial charge in [0.1, 0.15) is 6.10 Å². The smallest absolute Gasteiger partial charge is 0.339 e. The molecule has 0 spiro atoms. The van der Waals surface area contributed by atoms with Gasteiger partial charge in [-0.25, -0.2) is 32.9 Å². The number of carbonyl (C=O) groups excluding carboxylic acids is 1. The summed E-state index contributed by atoms with van der Waals surface area (Å²) in [5.41, 5.74) is -1.69. The highest BCUT2D eigenvalue weighted by atomic mass is 16.5. The fraction of sp³-hybridized carbons (Fsp3) is 0.286. The Hall–Kier alpha value is -4.20. The summed E-state index contributed by atoms with van der Waals surface area (Å²) in [6.07, 6.45) is 1.58. The van der Waals surface area contributed by atoms with Crippen molar-refractivity contribution in [2.24, 2.45) is 0 Å². The molecule has 0 aliphatic carbocycles. The summed E-state index contributed by atoms with van der Waals surface area (Å²) in [5, 5.41) is 3.34. The topological polar surface area (TPSA) is 92.3 Å². The third-order valence-corrected chi connectivity index (χ3v) is 6.23. The molecule has 4 rings (SSSR count). The zero-order valence-corrected chi connectivity index (χ0v) is 20.5. The molecule has 1 heterocycles. The maximum Gasteiger partial charge on any atom is 0.339 e. The fourth-order valence-electron chi connectivity index (χ4n) is 4.44. The summed E-state index contributed by atoms with van der Waals surface area (Å²) in [6.45, 7) is 7.24. The molecule has 8 heteroatoms. The van der Waals surface area contributed by atoms with Gasteiger partial charge in [0, 0.05) is 6.54 Å². The van der Waals surface area contributed by atoms with Crippen molar-refractivity contribution in [3.63, 3.8) is 0 Å². The summed E-state index contributed by atoms with van der Waals surface area (Å²) in [4.78, 5) is 52.3. The highest BCUT2D eigenvalue weighted by Gasteiger charge is 2.23. The summed E-state index contributed by atoms with van der Waals surface area (Å²) >= 11 is 0. The van der Waals surface area contributed by atoms with Crippen LogP contribution < -0.4 is 17.1 Å². The Labute approximate surface area is 207 Å². The molecule has 0 saturated carbocycles. The maximum absolute atomic E-state index is 13.5. The van der Waals surface area contributed by atoms with Crippen LogP contribution in [0.1, 0.15) is 37.0 Å². The number of esters is 1. The lowest BCUT2D eigenvalue weighted by atomic mass is 9.97.